The van der Waals surface area contributed by atoms with E-state index in [2.05, 4.69) is 170 Å². The molecular formula is C39H40Br2Cl2Zr. The Kier molecular flexibility index (Phi) is 11.1. The molecule has 4 aromatic carbocycles. The summed E-state index contributed by atoms with van der Waals surface area (Å²) in [6.45, 7) is 14.2. The van der Waals surface area contributed by atoms with E-state index < -0.39 is 21.3 Å². The van der Waals surface area contributed by atoms with Crippen molar-refractivity contribution in [2.75, 3.05) is 0 Å². The first-order valence-corrected chi connectivity index (χ1v) is 20.1. The predicted octanol–water partition coefficient (Wildman–Crippen LogP) is 11.6. The van der Waals surface area contributed by atoms with E-state index in [1.54, 1.807) is 15.3 Å². The van der Waals surface area contributed by atoms with Gasteiger partial charge in [-0.15, -0.1) is 24.8 Å². The van der Waals surface area contributed by atoms with Gasteiger partial charge in [0.25, 0.3) is 0 Å². The van der Waals surface area contributed by atoms with Crippen LogP contribution in [0.2, 0.25) is 0 Å². The molecule has 0 aliphatic heterocycles. The molecule has 0 bridgehead atoms. The summed E-state index contributed by atoms with van der Waals surface area (Å²) in [6, 6.07) is 30.3. The van der Waals surface area contributed by atoms with E-state index in [-0.39, 0.29) is 35.6 Å². The van der Waals surface area contributed by atoms with Gasteiger partial charge in [-0.2, -0.15) is 0 Å². The van der Waals surface area contributed by atoms with Crippen molar-refractivity contribution in [3.05, 3.63) is 143 Å². The monoisotopic (exact) mass is 826 g/mol. The number of halogens is 4. The largest absolute Gasteiger partial charge is 0.147 e. The second kappa shape index (κ2) is 13.8. The first-order chi connectivity index (χ1) is 19.9. The van der Waals surface area contributed by atoms with Crippen LogP contribution in [0.4, 0.5) is 0 Å². The Labute approximate surface area is 300 Å². The molecule has 0 radical (unpaired) electrons. The van der Waals surface area contributed by atoms with Crippen LogP contribution in [-0.2, 0) is 38.5 Å². The second-order valence-corrected chi connectivity index (χ2v) is 21.4. The van der Waals surface area contributed by atoms with Crippen LogP contribution in [0.3, 0.4) is 0 Å². The number of fused-ring (bicyclic) bond motifs is 3. The van der Waals surface area contributed by atoms with E-state index >= 15 is 0 Å². The molecule has 5 heteroatoms. The van der Waals surface area contributed by atoms with Gasteiger partial charge < -0.3 is 0 Å². The molecule has 228 valence electrons. The van der Waals surface area contributed by atoms with Crippen molar-refractivity contribution in [2.45, 2.75) is 65.2 Å². The number of hydrogen-bond acceptors (Lipinski definition) is 0. The molecule has 0 atom stereocenters. The molecule has 0 fully saturated rings. The van der Waals surface area contributed by atoms with Crippen molar-refractivity contribution >= 4 is 63.2 Å². The van der Waals surface area contributed by atoms with Gasteiger partial charge in [0.2, 0.25) is 0 Å². The topological polar surface area (TPSA) is 0 Å². The maximum atomic E-state index is 3.70. The summed E-state index contributed by atoms with van der Waals surface area (Å²) in [5.41, 5.74) is 11.8. The molecule has 0 N–H and O–H groups in total. The van der Waals surface area contributed by atoms with E-state index in [9.17, 15) is 0 Å². The SMILES string of the molecule is CC(C)(C)c1ccc2c(c1)Cc1c-2ccc(C(C)(C)C)[c]1[Zr]([C]1=CC=CC1)=[C](c1ccc(Br)cc1)c1ccc(Br)cc1.Cl.Cl. The van der Waals surface area contributed by atoms with Gasteiger partial charge in [0.05, 0.1) is 0 Å². The molecule has 2 aliphatic carbocycles. The minimum absolute atomic E-state index is 0. The van der Waals surface area contributed by atoms with Crippen molar-refractivity contribution in [2.24, 2.45) is 0 Å². The Balaban J connectivity index is 0.00000221. The summed E-state index contributed by atoms with van der Waals surface area (Å²) in [5, 5.41) is 0. The molecule has 0 heterocycles. The van der Waals surface area contributed by atoms with Gasteiger partial charge in [-0.3, -0.25) is 0 Å². The normalized spacial score (nSPS) is 13.4. The third-order valence-electron chi connectivity index (χ3n) is 8.61. The van der Waals surface area contributed by atoms with E-state index in [1.807, 2.05) is 0 Å². The standard InChI is InChI=1S/C21H25.C13H8Br2.C5H5.2ClH.Zr/c1-20(2,3)16-7-9-18-14(12-16)11-15-13-17(21(4,5)6)8-10-19(15)18;14-12-5-1-10(2-6-12)9-11-3-7-13(15)8-4-11;1-2-4-5-3-1;;;/h7-10,12H,11H2,1-6H3;1-8H;1-3H,4H2;2*1H;. The second-order valence-electron chi connectivity index (χ2n) is 13.7. The fourth-order valence-electron chi connectivity index (χ4n) is 6.42. The Morgan fingerprint density at radius 1 is 0.682 bits per heavy atom. The maximum Gasteiger partial charge on any atom is -0.147 e. The third-order valence-corrected chi connectivity index (χ3v) is 17.4. The summed E-state index contributed by atoms with van der Waals surface area (Å²) >= 11 is 4.63. The summed E-state index contributed by atoms with van der Waals surface area (Å²) in [6.07, 6.45) is 9.19. The Morgan fingerprint density at radius 3 is 1.75 bits per heavy atom. The Hall–Kier alpha value is -1.35. The van der Waals surface area contributed by atoms with Crippen LogP contribution >= 0.6 is 56.7 Å². The molecule has 2 aliphatic rings. The summed E-state index contributed by atoms with van der Waals surface area (Å²) in [4.78, 5) is 0. The molecule has 0 amide bonds. The van der Waals surface area contributed by atoms with E-state index in [4.69, 9.17) is 0 Å². The van der Waals surface area contributed by atoms with Gasteiger partial charge in [0.15, 0.2) is 0 Å². The van der Waals surface area contributed by atoms with Gasteiger partial charge >= 0.3 is 279 Å². The van der Waals surface area contributed by atoms with Gasteiger partial charge in [-0.25, -0.2) is 0 Å². The van der Waals surface area contributed by atoms with Crippen LogP contribution in [0.15, 0.2) is 109 Å². The molecular weight excluding hydrogens is 790 g/mol. The van der Waals surface area contributed by atoms with Crippen molar-refractivity contribution < 1.29 is 21.3 Å². The molecule has 0 saturated carbocycles. The van der Waals surface area contributed by atoms with E-state index in [0.29, 0.717) is 0 Å². The van der Waals surface area contributed by atoms with Crippen LogP contribution in [0.25, 0.3) is 11.1 Å². The van der Waals surface area contributed by atoms with Gasteiger partial charge in [-0.1, -0.05) is 0 Å². The quantitative estimate of drug-likeness (QED) is 0.169. The van der Waals surface area contributed by atoms with Gasteiger partial charge in [0, 0.05) is 0 Å². The third kappa shape index (κ3) is 6.99. The number of hydrogen-bond donors (Lipinski definition) is 0. The average molecular weight is 831 g/mol. The molecule has 0 spiro atoms. The molecule has 0 unspecified atom stereocenters. The molecule has 0 aromatic heterocycles. The van der Waals surface area contributed by atoms with Crippen LogP contribution < -0.4 is 3.27 Å². The van der Waals surface area contributed by atoms with Crippen LogP contribution in [0.5, 0.6) is 0 Å². The van der Waals surface area contributed by atoms with Crippen LogP contribution in [0.1, 0.15) is 81.3 Å². The fraction of sp³-hybridized carbons (Fsp3) is 0.256. The summed E-state index contributed by atoms with van der Waals surface area (Å²) in [7, 11) is 0. The summed E-state index contributed by atoms with van der Waals surface area (Å²) in [5.74, 6) is 0. The first-order valence-electron chi connectivity index (χ1n) is 14.8. The van der Waals surface area contributed by atoms with E-state index in [1.165, 1.54) is 38.9 Å². The minimum atomic E-state index is -2.77. The number of rotatable bonds is 4. The zero-order chi connectivity index (χ0) is 29.8. The predicted molar refractivity (Wildman–Crippen MR) is 200 cm³/mol. The first kappa shape index (κ1) is 35.5. The Bertz CT molecular complexity index is 1740. The Morgan fingerprint density at radius 2 is 1.25 bits per heavy atom. The zero-order valence-corrected chi connectivity index (χ0v) is 33.5. The smallest absolute Gasteiger partial charge is 0.147 e. The number of benzene rings is 4. The fourth-order valence-corrected chi connectivity index (χ4v) is 15.9. The van der Waals surface area contributed by atoms with Crippen molar-refractivity contribution in [1.82, 2.24) is 0 Å². The average Bonchev–Trinajstić information content (AvgIpc) is 3.59. The van der Waals surface area contributed by atoms with Crippen LogP contribution in [-0.4, -0.2) is 3.21 Å². The zero-order valence-electron chi connectivity index (χ0n) is 26.2. The molecule has 0 saturated heterocycles. The molecule has 6 rings (SSSR count). The minimum Gasteiger partial charge on any atom is -0.147 e. The van der Waals surface area contributed by atoms with Crippen molar-refractivity contribution in [3.63, 3.8) is 0 Å². The van der Waals surface area contributed by atoms with Crippen molar-refractivity contribution in [3.8, 4) is 11.1 Å². The molecule has 44 heavy (non-hydrogen) atoms. The van der Waals surface area contributed by atoms with E-state index in [0.717, 1.165) is 21.8 Å². The molecule has 4 aromatic rings. The molecule has 0 nitrogen and oxygen atoms in total. The maximum absolute atomic E-state index is 3.70. The van der Waals surface area contributed by atoms with Gasteiger partial charge in [0.1, 0.15) is 0 Å². The number of allylic oxidation sites excluding steroid dienone is 4. The van der Waals surface area contributed by atoms with Gasteiger partial charge in [-0.05, 0) is 0 Å². The van der Waals surface area contributed by atoms with Crippen molar-refractivity contribution in [1.29, 1.82) is 0 Å². The summed E-state index contributed by atoms with van der Waals surface area (Å²) < 4.78 is 7.15. The van der Waals surface area contributed by atoms with Crippen LogP contribution in [0, 0.1) is 0 Å².